The lowest BCUT2D eigenvalue weighted by Gasteiger charge is -2.38. The summed E-state index contributed by atoms with van der Waals surface area (Å²) in [7, 11) is 0. The highest BCUT2D eigenvalue weighted by Crippen LogP contribution is 2.22. The van der Waals surface area contributed by atoms with Crippen molar-refractivity contribution in [1.29, 1.82) is 0 Å². The van der Waals surface area contributed by atoms with Crippen molar-refractivity contribution in [2.75, 3.05) is 0 Å². The third kappa shape index (κ3) is 2.69. The Labute approximate surface area is 92.2 Å². The molecule has 1 aliphatic rings. The van der Waals surface area contributed by atoms with E-state index in [1.165, 1.54) is 13.8 Å². The highest BCUT2D eigenvalue weighted by atomic mass is 16.7. The summed E-state index contributed by atoms with van der Waals surface area (Å²) in [5.74, 6) is -0.928. The number of hydrogen-bond donors (Lipinski definition) is 4. The van der Waals surface area contributed by atoms with Gasteiger partial charge in [0.15, 0.2) is 12.4 Å². The Bertz CT molecular complexity index is 254. The first-order chi connectivity index (χ1) is 7.34. The number of rotatable bonds is 2. The Hall–Kier alpha value is -0.730. The SMILES string of the molecule is C[C@H](O)C(=O)O[C@@H]1[C@@H](O)[C@@H](O)[C@H](O)O[C@H]1C. The van der Waals surface area contributed by atoms with Crippen molar-refractivity contribution in [1.82, 2.24) is 0 Å². The van der Waals surface area contributed by atoms with Crippen LogP contribution in [0.3, 0.4) is 0 Å². The molecule has 0 amide bonds. The van der Waals surface area contributed by atoms with Crippen molar-refractivity contribution in [3.8, 4) is 0 Å². The fraction of sp³-hybridized carbons (Fsp3) is 0.889. The molecule has 0 radical (unpaired) electrons. The van der Waals surface area contributed by atoms with Crippen LogP contribution in [0.4, 0.5) is 0 Å². The molecule has 0 aliphatic carbocycles. The number of carbonyl (C=O) groups excluding carboxylic acids is 1. The molecule has 0 unspecified atom stereocenters. The van der Waals surface area contributed by atoms with Crippen LogP contribution in [0.5, 0.6) is 0 Å². The van der Waals surface area contributed by atoms with Gasteiger partial charge in [-0.2, -0.15) is 0 Å². The normalized spacial score (nSPS) is 41.5. The standard InChI is InChI=1S/C9H16O7/c1-3(10)8(13)16-7-4(2)15-9(14)6(12)5(7)11/h3-7,9-12,14H,1-2H3/t3-,4-,5-,6+,7-,9+/m0/s1. The Morgan fingerprint density at radius 3 is 2.38 bits per heavy atom. The Kier molecular flexibility index (Phi) is 4.22. The fourth-order valence-electron chi connectivity index (χ4n) is 1.42. The Balaban J connectivity index is 2.67. The lowest BCUT2D eigenvalue weighted by Crippen LogP contribution is -2.58. The molecule has 94 valence electrons. The summed E-state index contributed by atoms with van der Waals surface area (Å²) in [6.07, 6.45) is -7.77. The number of ether oxygens (including phenoxy) is 2. The highest BCUT2D eigenvalue weighted by Gasteiger charge is 2.44. The predicted molar refractivity (Wildman–Crippen MR) is 50.1 cm³/mol. The molecule has 1 saturated heterocycles. The van der Waals surface area contributed by atoms with Crippen LogP contribution in [0.1, 0.15) is 13.8 Å². The van der Waals surface area contributed by atoms with E-state index in [1.54, 1.807) is 0 Å². The highest BCUT2D eigenvalue weighted by molar-refractivity contribution is 5.74. The summed E-state index contributed by atoms with van der Waals surface area (Å²) in [6, 6.07) is 0. The molecule has 7 heteroatoms. The Morgan fingerprint density at radius 1 is 1.31 bits per heavy atom. The van der Waals surface area contributed by atoms with Gasteiger partial charge in [-0.3, -0.25) is 0 Å². The van der Waals surface area contributed by atoms with Gasteiger partial charge in [0.05, 0.1) is 6.10 Å². The van der Waals surface area contributed by atoms with Gasteiger partial charge < -0.3 is 29.9 Å². The summed E-state index contributed by atoms with van der Waals surface area (Å²) in [4.78, 5) is 11.1. The van der Waals surface area contributed by atoms with E-state index in [-0.39, 0.29) is 0 Å². The molecule has 0 aromatic rings. The number of hydrogen-bond acceptors (Lipinski definition) is 7. The largest absolute Gasteiger partial charge is 0.455 e. The zero-order valence-corrected chi connectivity index (χ0v) is 8.98. The first-order valence-electron chi connectivity index (χ1n) is 4.92. The first kappa shape index (κ1) is 13.3. The van der Waals surface area contributed by atoms with Crippen LogP contribution in [-0.2, 0) is 14.3 Å². The second-order valence-electron chi connectivity index (χ2n) is 3.79. The smallest absolute Gasteiger partial charge is 0.335 e. The number of aliphatic hydroxyl groups excluding tert-OH is 4. The zero-order chi connectivity index (χ0) is 12.5. The molecule has 0 bridgehead atoms. The average Bonchev–Trinajstić information content (AvgIpc) is 2.20. The second-order valence-corrected chi connectivity index (χ2v) is 3.79. The molecule has 6 atom stereocenters. The van der Waals surface area contributed by atoms with Crippen molar-refractivity contribution in [3.05, 3.63) is 0 Å². The number of aliphatic hydroxyl groups is 4. The van der Waals surface area contributed by atoms with E-state index < -0.39 is 42.8 Å². The van der Waals surface area contributed by atoms with Gasteiger partial charge in [0.1, 0.15) is 18.3 Å². The summed E-state index contributed by atoms with van der Waals surface area (Å²) >= 11 is 0. The van der Waals surface area contributed by atoms with E-state index in [1.807, 2.05) is 0 Å². The fourth-order valence-corrected chi connectivity index (χ4v) is 1.42. The average molecular weight is 236 g/mol. The Morgan fingerprint density at radius 2 is 1.88 bits per heavy atom. The van der Waals surface area contributed by atoms with Gasteiger partial charge in [-0.15, -0.1) is 0 Å². The van der Waals surface area contributed by atoms with Crippen molar-refractivity contribution in [3.63, 3.8) is 0 Å². The van der Waals surface area contributed by atoms with Crippen LogP contribution in [0.25, 0.3) is 0 Å². The van der Waals surface area contributed by atoms with Crippen LogP contribution < -0.4 is 0 Å². The van der Waals surface area contributed by atoms with E-state index in [9.17, 15) is 15.0 Å². The minimum atomic E-state index is -1.55. The van der Waals surface area contributed by atoms with E-state index in [4.69, 9.17) is 19.7 Å². The molecule has 1 fully saturated rings. The molecule has 0 aromatic carbocycles. The van der Waals surface area contributed by atoms with Crippen LogP contribution >= 0.6 is 0 Å². The monoisotopic (exact) mass is 236 g/mol. The predicted octanol–water partition coefficient (Wildman–Crippen LogP) is -2.26. The van der Waals surface area contributed by atoms with Gasteiger partial charge in [-0.25, -0.2) is 4.79 Å². The molecule has 1 aliphatic heterocycles. The lowest BCUT2D eigenvalue weighted by atomic mass is 10.00. The van der Waals surface area contributed by atoms with Crippen LogP contribution in [-0.4, -0.2) is 63.2 Å². The molecule has 1 rings (SSSR count). The summed E-state index contributed by atoms with van der Waals surface area (Å²) in [6.45, 7) is 2.69. The summed E-state index contributed by atoms with van der Waals surface area (Å²) in [5, 5.41) is 37.0. The molecular formula is C9H16O7. The minimum absolute atomic E-state index is 0.781. The third-order valence-electron chi connectivity index (χ3n) is 2.39. The third-order valence-corrected chi connectivity index (χ3v) is 2.39. The summed E-state index contributed by atoms with van der Waals surface area (Å²) in [5.41, 5.74) is 0. The van der Waals surface area contributed by atoms with E-state index in [0.717, 1.165) is 0 Å². The molecule has 4 N–H and O–H groups in total. The van der Waals surface area contributed by atoms with E-state index in [0.29, 0.717) is 0 Å². The second kappa shape index (κ2) is 5.07. The zero-order valence-electron chi connectivity index (χ0n) is 8.98. The maximum absolute atomic E-state index is 11.1. The van der Waals surface area contributed by atoms with Crippen LogP contribution in [0, 0.1) is 0 Å². The maximum Gasteiger partial charge on any atom is 0.335 e. The van der Waals surface area contributed by atoms with Crippen LogP contribution in [0.2, 0.25) is 0 Å². The molecule has 7 nitrogen and oxygen atoms in total. The number of esters is 1. The molecule has 0 aromatic heterocycles. The van der Waals surface area contributed by atoms with Gasteiger partial charge in [-0.05, 0) is 13.8 Å². The minimum Gasteiger partial charge on any atom is -0.455 e. The molecule has 16 heavy (non-hydrogen) atoms. The van der Waals surface area contributed by atoms with Crippen molar-refractivity contribution in [2.45, 2.75) is 50.7 Å². The van der Waals surface area contributed by atoms with Crippen LogP contribution in [0.15, 0.2) is 0 Å². The quantitative estimate of drug-likeness (QED) is 0.400. The topological polar surface area (TPSA) is 116 Å². The summed E-state index contributed by atoms with van der Waals surface area (Å²) < 4.78 is 9.61. The molecule has 1 heterocycles. The molecule has 0 saturated carbocycles. The lowest BCUT2D eigenvalue weighted by molar-refractivity contribution is -0.282. The van der Waals surface area contributed by atoms with Gasteiger partial charge in [0.25, 0.3) is 0 Å². The van der Waals surface area contributed by atoms with E-state index in [2.05, 4.69) is 0 Å². The molecular weight excluding hydrogens is 220 g/mol. The van der Waals surface area contributed by atoms with Crippen molar-refractivity contribution >= 4 is 5.97 Å². The first-order valence-corrected chi connectivity index (χ1v) is 4.92. The van der Waals surface area contributed by atoms with Crippen molar-refractivity contribution < 1.29 is 34.7 Å². The van der Waals surface area contributed by atoms with Gasteiger partial charge in [0, 0.05) is 0 Å². The molecule has 0 spiro atoms. The van der Waals surface area contributed by atoms with Crippen molar-refractivity contribution in [2.24, 2.45) is 0 Å². The maximum atomic E-state index is 11.1. The van der Waals surface area contributed by atoms with Gasteiger partial charge in [-0.1, -0.05) is 0 Å². The van der Waals surface area contributed by atoms with Gasteiger partial charge >= 0.3 is 5.97 Å². The number of carbonyl (C=O) groups is 1. The van der Waals surface area contributed by atoms with Gasteiger partial charge in [0.2, 0.25) is 0 Å². The van der Waals surface area contributed by atoms with E-state index >= 15 is 0 Å².